The summed E-state index contributed by atoms with van der Waals surface area (Å²) in [4.78, 5) is 17.8. The van der Waals surface area contributed by atoms with E-state index in [2.05, 4.69) is 4.99 Å². The molecule has 0 aliphatic carbocycles. The fraction of sp³-hybridized carbons (Fsp3) is 0.364. The van der Waals surface area contributed by atoms with Gasteiger partial charge >= 0.3 is 0 Å². The summed E-state index contributed by atoms with van der Waals surface area (Å²) in [5.41, 5.74) is 2.92. The highest BCUT2D eigenvalue weighted by molar-refractivity contribution is 7.16. The number of methoxy groups -OCH3 is 2. The van der Waals surface area contributed by atoms with Crippen LogP contribution in [0.25, 0.3) is 10.2 Å². The van der Waals surface area contributed by atoms with Crippen LogP contribution < -0.4 is 14.3 Å². The summed E-state index contributed by atoms with van der Waals surface area (Å²) in [5, 5.41) is 0. The van der Waals surface area contributed by atoms with Gasteiger partial charge in [0.05, 0.1) is 37.0 Å². The zero-order chi connectivity index (χ0) is 20.8. The molecule has 3 aromatic rings. The Morgan fingerprint density at radius 1 is 1.17 bits per heavy atom. The van der Waals surface area contributed by atoms with Gasteiger partial charge in [0.25, 0.3) is 5.91 Å². The largest absolute Gasteiger partial charge is 0.496 e. The van der Waals surface area contributed by atoms with Gasteiger partial charge in [-0.1, -0.05) is 29.0 Å². The lowest BCUT2D eigenvalue weighted by Crippen LogP contribution is -2.19. The van der Waals surface area contributed by atoms with E-state index in [0.29, 0.717) is 30.3 Å². The average molecular weight is 415 g/mol. The second-order valence-electron chi connectivity index (χ2n) is 6.59. The van der Waals surface area contributed by atoms with Crippen molar-refractivity contribution in [2.75, 3.05) is 27.4 Å². The monoisotopic (exact) mass is 414 g/mol. The number of benzene rings is 2. The Morgan fingerprint density at radius 3 is 2.72 bits per heavy atom. The minimum Gasteiger partial charge on any atom is -0.496 e. The number of amides is 1. The van der Waals surface area contributed by atoms with Crippen LogP contribution in [-0.2, 0) is 22.5 Å². The summed E-state index contributed by atoms with van der Waals surface area (Å²) in [5.74, 6) is 1.29. The summed E-state index contributed by atoms with van der Waals surface area (Å²) in [6.45, 7) is 5.70. The van der Waals surface area contributed by atoms with Crippen molar-refractivity contribution in [1.29, 1.82) is 0 Å². The Balaban J connectivity index is 1.99. The van der Waals surface area contributed by atoms with Crippen molar-refractivity contribution in [3.05, 3.63) is 52.3 Å². The summed E-state index contributed by atoms with van der Waals surface area (Å²) in [7, 11) is 3.27. The Hall–Kier alpha value is -2.64. The molecule has 3 rings (SSSR count). The lowest BCUT2D eigenvalue weighted by atomic mass is 10.1. The molecule has 0 aliphatic rings. The van der Waals surface area contributed by atoms with Crippen LogP contribution in [0.5, 0.6) is 11.5 Å². The number of thiazole rings is 1. The van der Waals surface area contributed by atoms with E-state index >= 15 is 0 Å². The van der Waals surface area contributed by atoms with E-state index in [4.69, 9.17) is 14.2 Å². The van der Waals surface area contributed by atoms with Gasteiger partial charge in [-0.25, -0.2) is 0 Å². The minimum atomic E-state index is -0.211. The number of ether oxygens (including phenoxy) is 3. The molecule has 154 valence electrons. The maximum atomic E-state index is 12.7. The number of aryl methyl sites for hydroxylation is 1. The zero-order valence-corrected chi connectivity index (χ0v) is 18.0. The molecule has 0 bridgehead atoms. The minimum absolute atomic E-state index is 0.188. The van der Waals surface area contributed by atoms with Gasteiger partial charge in [-0.15, -0.1) is 0 Å². The number of carbonyl (C=O) groups excluding carboxylic acids is 1. The van der Waals surface area contributed by atoms with E-state index < -0.39 is 0 Å². The molecule has 0 aliphatic heterocycles. The van der Waals surface area contributed by atoms with Crippen molar-refractivity contribution >= 4 is 27.5 Å². The van der Waals surface area contributed by atoms with Crippen LogP contribution in [0.15, 0.2) is 41.4 Å². The van der Waals surface area contributed by atoms with Crippen LogP contribution in [0.3, 0.4) is 0 Å². The third kappa shape index (κ3) is 5.05. The van der Waals surface area contributed by atoms with Crippen molar-refractivity contribution in [1.82, 2.24) is 4.57 Å². The highest BCUT2D eigenvalue weighted by Gasteiger charge is 2.12. The Kier molecular flexibility index (Phi) is 7.06. The van der Waals surface area contributed by atoms with Crippen LogP contribution in [0, 0.1) is 6.92 Å². The normalized spacial score (nSPS) is 11.8. The highest BCUT2D eigenvalue weighted by Crippen LogP contribution is 2.24. The number of nitrogens with zero attached hydrogens (tertiary/aromatic N) is 2. The van der Waals surface area contributed by atoms with Crippen LogP contribution >= 0.6 is 11.3 Å². The van der Waals surface area contributed by atoms with Gasteiger partial charge in [0.15, 0.2) is 4.80 Å². The van der Waals surface area contributed by atoms with Crippen molar-refractivity contribution in [3.8, 4) is 11.5 Å². The van der Waals surface area contributed by atoms with Gasteiger partial charge in [-0.05, 0) is 38.1 Å². The molecule has 1 heterocycles. The number of hydrogen-bond acceptors (Lipinski definition) is 5. The second kappa shape index (κ2) is 9.71. The molecular weight excluding hydrogens is 388 g/mol. The molecule has 1 amide bonds. The van der Waals surface area contributed by atoms with E-state index in [-0.39, 0.29) is 12.3 Å². The van der Waals surface area contributed by atoms with E-state index in [1.54, 1.807) is 14.2 Å². The molecule has 7 heteroatoms. The van der Waals surface area contributed by atoms with Crippen molar-refractivity contribution in [3.63, 3.8) is 0 Å². The first kappa shape index (κ1) is 21.1. The molecule has 0 spiro atoms. The maximum Gasteiger partial charge on any atom is 0.252 e. The molecule has 6 nitrogen and oxygen atoms in total. The second-order valence-corrected chi connectivity index (χ2v) is 7.60. The smallest absolute Gasteiger partial charge is 0.252 e. The lowest BCUT2D eigenvalue weighted by molar-refractivity contribution is -0.117. The molecule has 1 aromatic heterocycles. The molecular formula is C22H26N2O4S. The Morgan fingerprint density at radius 2 is 2.00 bits per heavy atom. The number of rotatable bonds is 8. The number of hydrogen-bond donors (Lipinski definition) is 0. The maximum absolute atomic E-state index is 12.7. The van der Waals surface area contributed by atoms with Crippen LogP contribution in [0.1, 0.15) is 18.1 Å². The molecule has 0 N–H and O–H groups in total. The van der Waals surface area contributed by atoms with Crippen molar-refractivity contribution < 1.29 is 19.0 Å². The van der Waals surface area contributed by atoms with Gasteiger partial charge in [0, 0.05) is 19.2 Å². The Labute approximate surface area is 174 Å². The topological polar surface area (TPSA) is 62.0 Å². The van der Waals surface area contributed by atoms with Gasteiger partial charge in [-0.3, -0.25) is 4.79 Å². The summed E-state index contributed by atoms with van der Waals surface area (Å²) >= 11 is 1.48. The summed E-state index contributed by atoms with van der Waals surface area (Å²) in [6.07, 6.45) is 0.188. The fourth-order valence-corrected chi connectivity index (χ4v) is 4.25. The molecule has 0 fully saturated rings. The van der Waals surface area contributed by atoms with Crippen molar-refractivity contribution in [2.24, 2.45) is 4.99 Å². The first-order chi connectivity index (χ1) is 14.0. The van der Waals surface area contributed by atoms with Gasteiger partial charge < -0.3 is 18.8 Å². The standard InChI is InChI=1S/C22H26N2O4S/c1-5-28-17-7-8-18-20(14-17)29-22(24(18)10-11-26-3)23-21(25)13-16-12-15(2)6-9-19(16)27-4/h6-9,12,14H,5,10-11,13H2,1-4H3. The number of carbonyl (C=O) groups is 1. The first-order valence-corrected chi connectivity index (χ1v) is 10.3. The molecule has 0 saturated carbocycles. The van der Waals surface area contributed by atoms with E-state index in [1.807, 2.05) is 54.8 Å². The lowest BCUT2D eigenvalue weighted by Gasteiger charge is -2.08. The number of fused-ring (bicyclic) bond motifs is 1. The molecule has 0 saturated heterocycles. The molecule has 0 unspecified atom stereocenters. The summed E-state index contributed by atoms with van der Waals surface area (Å²) in [6, 6.07) is 11.7. The zero-order valence-electron chi connectivity index (χ0n) is 17.2. The van der Waals surface area contributed by atoms with E-state index in [0.717, 1.165) is 27.1 Å². The number of aromatic nitrogens is 1. The fourth-order valence-electron chi connectivity index (χ4n) is 3.15. The van der Waals surface area contributed by atoms with Crippen LogP contribution in [-0.4, -0.2) is 37.9 Å². The predicted molar refractivity (Wildman–Crippen MR) is 115 cm³/mol. The van der Waals surface area contributed by atoms with Crippen LogP contribution in [0.2, 0.25) is 0 Å². The van der Waals surface area contributed by atoms with Gasteiger partial charge in [0.1, 0.15) is 11.5 Å². The highest BCUT2D eigenvalue weighted by atomic mass is 32.1. The molecule has 0 atom stereocenters. The van der Waals surface area contributed by atoms with E-state index in [1.165, 1.54) is 11.3 Å². The quantitative estimate of drug-likeness (QED) is 0.563. The van der Waals surface area contributed by atoms with Gasteiger partial charge in [-0.2, -0.15) is 4.99 Å². The predicted octanol–water partition coefficient (Wildman–Crippen LogP) is 3.73. The SMILES string of the molecule is CCOc1ccc2c(c1)sc(=NC(=O)Cc1cc(C)ccc1OC)n2CCOC. The molecule has 0 radical (unpaired) electrons. The van der Waals surface area contributed by atoms with Crippen molar-refractivity contribution in [2.45, 2.75) is 26.8 Å². The van der Waals surface area contributed by atoms with E-state index in [9.17, 15) is 4.79 Å². The van der Waals surface area contributed by atoms with Crippen LogP contribution in [0.4, 0.5) is 0 Å². The third-order valence-electron chi connectivity index (χ3n) is 4.48. The molecule has 2 aromatic carbocycles. The summed E-state index contributed by atoms with van der Waals surface area (Å²) < 4.78 is 19.3. The Bertz CT molecular complexity index is 1070. The average Bonchev–Trinajstić information content (AvgIpc) is 3.02. The van der Waals surface area contributed by atoms with Gasteiger partial charge in [0.2, 0.25) is 0 Å². The first-order valence-electron chi connectivity index (χ1n) is 9.52. The molecule has 29 heavy (non-hydrogen) atoms. The third-order valence-corrected chi connectivity index (χ3v) is 5.52.